The summed E-state index contributed by atoms with van der Waals surface area (Å²) >= 11 is 0. The van der Waals surface area contributed by atoms with E-state index >= 15 is 0 Å². The fourth-order valence-electron chi connectivity index (χ4n) is 4.38. The van der Waals surface area contributed by atoms with E-state index in [9.17, 15) is 4.79 Å². The Morgan fingerprint density at radius 1 is 1.24 bits per heavy atom. The van der Waals surface area contributed by atoms with Gasteiger partial charge in [-0.05, 0) is 64.2 Å². The Kier molecular flexibility index (Phi) is 5.04. The van der Waals surface area contributed by atoms with Crippen LogP contribution >= 0.6 is 0 Å². The lowest BCUT2D eigenvalue weighted by Crippen LogP contribution is -2.52. The van der Waals surface area contributed by atoms with Crippen LogP contribution in [0.3, 0.4) is 0 Å². The van der Waals surface area contributed by atoms with Crippen LogP contribution in [-0.2, 0) is 4.74 Å². The van der Waals surface area contributed by atoms with Crippen LogP contribution in [0.5, 0.6) is 0 Å². The number of carbonyl (C=O) groups is 1. The average Bonchev–Trinajstić information content (AvgIpc) is 3.15. The van der Waals surface area contributed by atoms with Gasteiger partial charge in [-0.2, -0.15) is 0 Å². The Morgan fingerprint density at radius 3 is 2.90 bits per heavy atom. The summed E-state index contributed by atoms with van der Waals surface area (Å²) < 4.78 is 5.66. The number of piperidine rings is 1. The van der Waals surface area contributed by atoms with E-state index in [-0.39, 0.29) is 12.1 Å². The van der Waals surface area contributed by atoms with E-state index in [1.807, 2.05) is 0 Å². The molecule has 0 aromatic rings. The molecule has 0 aromatic heterocycles. The summed E-state index contributed by atoms with van der Waals surface area (Å²) in [5.41, 5.74) is 0. The molecular formula is C17H30N2O2. The zero-order valence-corrected chi connectivity index (χ0v) is 13.4. The summed E-state index contributed by atoms with van der Waals surface area (Å²) in [6, 6.07) is 0.944. The average molecular weight is 294 g/mol. The lowest BCUT2D eigenvalue weighted by molar-refractivity contribution is 0.0985. The molecule has 0 radical (unpaired) electrons. The molecule has 4 unspecified atom stereocenters. The van der Waals surface area contributed by atoms with Gasteiger partial charge in [0.2, 0.25) is 0 Å². The van der Waals surface area contributed by atoms with E-state index in [1.165, 1.54) is 44.9 Å². The number of rotatable bonds is 4. The minimum Gasteiger partial charge on any atom is -0.378 e. The molecule has 0 spiro atoms. The normalized spacial score (nSPS) is 33.8. The minimum atomic E-state index is 0.173. The van der Waals surface area contributed by atoms with Crippen molar-refractivity contribution in [2.75, 3.05) is 13.2 Å². The zero-order chi connectivity index (χ0) is 14.7. The first kappa shape index (κ1) is 15.1. The molecule has 2 heterocycles. The molecular weight excluding hydrogens is 264 g/mol. The van der Waals surface area contributed by atoms with Crippen molar-refractivity contribution >= 4 is 6.03 Å². The maximum Gasteiger partial charge on any atom is 0.317 e. The Balaban J connectivity index is 1.43. The van der Waals surface area contributed by atoms with Gasteiger partial charge in [0.1, 0.15) is 0 Å². The highest BCUT2D eigenvalue weighted by Crippen LogP contribution is 2.36. The second kappa shape index (κ2) is 6.99. The molecule has 1 saturated carbocycles. The van der Waals surface area contributed by atoms with Gasteiger partial charge in [-0.1, -0.05) is 6.42 Å². The summed E-state index contributed by atoms with van der Waals surface area (Å²) in [5, 5.41) is 3.22. The first-order valence-corrected chi connectivity index (χ1v) is 8.93. The molecule has 2 aliphatic heterocycles. The predicted molar refractivity (Wildman–Crippen MR) is 83.3 cm³/mol. The van der Waals surface area contributed by atoms with Gasteiger partial charge in [0.25, 0.3) is 0 Å². The van der Waals surface area contributed by atoms with E-state index in [0.29, 0.717) is 12.1 Å². The predicted octanol–water partition coefficient (Wildman–Crippen LogP) is 3.31. The van der Waals surface area contributed by atoms with Crippen LogP contribution in [0, 0.1) is 5.92 Å². The van der Waals surface area contributed by atoms with Crippen LogP contribution in [0.4, 0.5) is 4.79 Å². The second-order valence-corrected chi connectivity index (χ2v) is 7.16. The fourth-order valence-corrected chi connectivity index (χ4v) is 4.38. The van der Waals surface area contributed by atoms with Crippen molar-refractivity contribution in [2.45, 2.75) is 82.9 Å². The van der Waals surface area contributed by atoms with Gasteiger partial charge in [0.05, 0.1) is 6.10 Å². The van der Waals surface area contributed by atoms with Gasteiger partial charge < -0.3 is 15.0 Å². The molecule has 0 bridgehead atoms. The van der Waals surface area contributed by atoms with Crippen LogP contribution < -0.4 is 5.32 Å². The molecule has 4 nitrogen and oxygen atoms in total. The lowest BCUT2D eigenvalue weighted by atomic mass is 9.92. The standard InChI is InChI=1S/C17H30N2O2/c1-13(9-10-15-7-4-12-21-15)18-17(20)19-11-3-6-14-5-2-8-16(14)19/h13-16H,2-12H2,1H3,(H,18,20). The summed E-state index contributed by atoms with van der Waals surface area (Å²) in [6.07, 6.45) is 11.3. The van der Waals surface area contributed by atoms with Crippen molar-refractivity contribution < 1.29 is 9.53 Å². The van der Waals surface area contributed by atoms with E-state index in [1.54, 1.807) is 0 Å². The fraction of sp³-hybridized carbons (Fsp3) is 0.941. The third-order valence-corrected chi connectivity index (χ3v) is 5.57. The molecule has 3 rings (SSSR count). The number of nitrogens with zero attached hydrogens (tertiary/aromatic N) is 1. The van der Waals surface area contributed by atoms with Gasteiger partial charge in [-0.15, -0.1) is 0 Å². The Bertz CT molecular complexity index is 355. The van der Waals surface area contributed by atoms with Crippen LogP contribution in [0.1, 0.15) is 64.7 Å². The Morgan fingerprint density at radius 2 is 2.10 bits per heavy atom. The monoisotopic (exact) mass is 294 g/mol. The second-order valence-electron chi connectivity index (χ2n) is 7.16. The van der Waals surface area contributed by atoms with Crippen molar-refractivity contribution in [3.8, 4) is 0 Å². The number of likely N-dealkylation sites (tertiary alicyclic amines) is 1. The molecule has 3 fully saturated rings. The maximum absolute atomic E-state index is 12.5. The third kappa shape index (κ3) is 3.71. The molecule has 2 amide bonds. The number of carbonyl (C=O) groups excluding carboxylic acids is 1. The number of ether oxygens (including phenoxy) is 1. The highest BCUT2D eigenvalue weighted by molar-refractivity contribution is 5.75. The van der Waals surface area contributed by atoms with Crippen molar-refractivity contribution in [3.05, 3.63) is 0 Å². The summed E-state index contributed by atoms with van der Waals surface area (Å²) in [5.74, 6) is 0.770. The van der Waals surface area contributed by atoms with Gasteiger partial charge >= 0.3 is 6.03 Å². The summed E-state index contributed by atoms with van der Waals surface area (Å²) in [7, 11) is 0. The number of urea groups is 1. The molecule has 1 N–H and O–H groups in total. The van der Waals surface area contributed by atoms with Crippen molar-refractivity contribution in [1.82, 2.24) is 10.2 Å². The SMILES string of the molecule is CC(CCC1CCCO1)NC(=O)N1CCCC2CCCC21. The van der Waals surface area contributed by atoms with Crippen molar-refractivity contribution in [2.24, 2.45) is 5.92 Å². The summed E-state index contributed by atoms with van der Waals surface area (Å²) in [6.45, 7) is 4.00. The summed E-state index contributed by atoms with van der Waals surface area (Å²) in [4.78, 5) is 14.7. The quantitative estimate of drug-likeness (QED) is 0.864. The first-order valence-electron chi connectivity index (χ1n) is 8.93. The van der Waals surface area contributed by atoms with Crippen molar-refractivity contribution in [3.63, 3.8) is 0 Å². The van der Waals surface area contributed by atoms with Crippen LogP contribution in [-0.4, -0.2) is 42.3 Å². The van der Waals surface area contributed by atoms with Crippen LogP contribution in [0.25, 0.3) is 0 Å². The number of hydrogen-bond acceptors (Lipinski definition) is 2. The molecule has 3 aliphatic rings. The third-order valence-electron chi connectivity index (χ3n) is 5.57. The van der Waals surface area contributed by atoms with Crippen molar-refractivity contribution in [1.29, 1.82) is 0 Å². The highest BCUT2D eigenvalue weighted by Gasteiger charge is 2.37. The molecule has 1 aliphatic carbocycles. The number of fused-ring (bicyclic) bond motifs is 1. The van der Waals surface area contributed by atoms with Gasteiger partial charge in [0, 0.05) is 25.2 Å². The largest absolute Gasteiger partial charge is 0.378 e. The van der Waals surface area contributed by atoms with Crippen LogP contribution in [0.15, 0.2) is 0 Å². The van der Waals surface area contributed by atoms with Gasteiger partial charge in [-0.3, -0.25) is 0 Å². The molecule has 0 aromatic carbocycles. The number of nitrogens with one attached hydrogen (secondary N) is 1. The van der Waals surface area contributed by atoms with Crippen LogP contribution in [0.2, 0.25) is 0 Å². The molecule has 21 heavy (non-hydrogen) atoms. The minimum absolute atomic E-state index is 0.173. The number of hydrogen-bond donors (Lipinski definition) is 1. The number of amides is 2. The van der Waals surface area contributed by atoms with E-state index in [4.69, 9.17) is 4.74 Å². The van der Waals surface area contributed by atoms with E-state index in [2.05, 4.69) is 17.1 Å². The maximum atomic E-state index is 12.5. The Labute approximate surface area is 128 Å². The smallest absolute Gasteiger partial charge is 0.317 e. The molecule has 120 valence electrons. The van der Waals surface area contributed by atoms with Gasteiger partial charge in [-0.25, -0.2) is 4.79 Å². The molecule has 2 saturated heterocycles. The highest BCUT2D eigenvalue weighted by atomic mass is 16.5. The first-order chi connectivity index (χ1) is 10.2. The topological polar surface area (TPSA) is 41.6 Å². The lowest BCUT2D eigenvalue weighted by Gasteiger charge is -2.38. The van der Waals surface area contributed by atoms with Gasteiger partial charge in [0.15, 0.2) is 0 Å². The molecule has 4 heteroatoms. The zero-order valence-electron chi connectivity index (χ0n) is 13.4. The van der Waals surface area contributed by atoms with E-state index < -0.39 is 0 Å². The Hall–Kier alpha value is -0.770. The van der Waals surface area contributed by atoms with E-state index in [0.717, 1.165) is 31.9 Å². The molecule has 4 atom stereocenters.